The van der Waals surface area contributed by atoms with Gasteiger partial charge in [0.05, 0.1) is 0 Å². The van der Waals surface area contributed by atoms with Crippen molar-refractivity contribution in [3.8, 4) is 0 Å². The van der Waals surface area contributed by atoms with E-state index < -0.39 is 17.5 Å². The molecule has 116 valence electrons. The van der Waals surface area contributed by atoms with Gasteiger partial charge in [-0.3, -0.25) is 0 Å². The van der Waals surface area contributed by atoms with Crippen molar-refractivity contribution in [2.24, 2.45) is 5.92 Å². The maximum atomic E-state index is 11.8. The van der Waals surface area contributed by atoms with Crippen LogP contribution in [0.3, 0.4) is 0 Å². The van der Waals surface area contributed by atoms with E-state index >= 15 is 0 Å². The van der Waals surface area contributed by atoms with E-state index in [0.29, 0.717) is 38.5 Å². The molecular formula is C14H26N2O4. The Hall–Kier alpha value is -1.30. The van der Waals surface area contributed by atoms with Gasteiger partial charge >= 0.3 is 12.0 Å². The molecule has 0 radical (unpaired) electrons. The molecule has 20 heavy (non-hydrogen) atoms. The Labute approximate surface area is 120 Å². The summed E-state index contributed by atoms with van der Waals surface area (Å²) in [7, 11) is 0. The smallest absolute Gasteiger partial charge is 0.329 e. The van der Waals surface area contributed by atoms with E-state index in [1.165, 1.54) is 0 Å². The van der Waals surface area contributed by atoms with Crippen molar-refractivity contribution >= 4 is 12.0 Å². The first kappa shape index (κ1) is 16.8. The lowest BCUT2D eigenvalue weighted by atomic mass is 9.77. The molecule has 6 nitrogen and oxygen atoms in total. The van der Waals surface area contributed by atoms with Gasteiger partial charge in [-0.05, 0) is 44.9 Å². The molecule has 1 fully saturated rings. The van der Waals surface area contributed by atoms with Gasteiger partial charge in [-0.25, -0.2) is 9.59 Å². The van der Waals surface area contributed by atoms with Crippen molar-refractivity contribution in [3.05, 3.63) is 0 Å². The largest absolute Gasteiger partial charge is 0.480 e. The first-order chi connectivity index (χ1) is 9.50. The number of rotatable bonds is 7. The highest BCUT2D eigenvalue weighted by molar-refractivity contribution is 5.86. The minimum Gasteiger partial charge on any atom is -0.480 e. The molecule has 0 saturated heterocycles. The number of hydrogen-bond donors (Lipinski definition) is 3. The quantitative estimate of drug-likeness (QED) is 0.622. The van der Waals surface area contributed by atoms with E-state index in [2.05, 4.69) is 17.6 Å². The van der Waals surface area contributed by atoms with Crippen molar-refractivity contribution in [1.29, 1.82) is 0 Å². The first-order valence-corrected chi connectivity index (χ1v) is 7.37. The molecule has 1 rings (SSSR count). The molecule has 1 aliphatic rings. The summed E-state index contributed by atoms with van der Waals surface area (Å²) in [5, 5.41) is 14.7. The van der Waals surface area contributed by atoms with Gasteiger partial charge in [0.25, 0.3) is 0 Å². The topological polar surface area (TPSA) is 87.7 Å². The van der Waals surface area contributed by atoms with Crippen LogP contribution in [0.2, 0.25) is 0 Å². The number of hydrogen-bond acceptors (Lipinski definition) is 3. The molecule has 6 heteroatoms. The van der Waals surface area contributed by atoms with Crippen LogP contribution in [-0.2, 0) is 9.53 Å². The van der Waals surface area contributed by atoms with Crippen LogP contribution in [-0.4, -0.2) is 42.4 Å². The minimum absolute atomic E-state index is 0.404. The molecule has 3 N–H and O–H groups in total. The average Bonchev–Trinajstić information content (AvgIpc) is 2.41. The molecule has 0 bridgehead atoms. The molecule has 0 atom stereocenters. The van der Waals surface area contributed by atoms with Gasteiger partial charge < -0.3 is 20.5 Å². The van der Waals surface area contributed by atoms with E-state index in [1.54, 1.807) is 0 Å². The summed E-state index contributed by atoms with van der Waals surface area (Å²) >= 11 is 0. The zero-order valence-electron chi connectivity index (χ0n) is 12.4. The predicted octanol–water partition coefficient (Wildman–Crippen LogP) is 1.75. The highest BCUT2D eigenvalue weighted by atomic mass is 16.5. The van der Waals surface area contributed by atoms with Crippen molar-refractivity contribution in [2.45, 2.75) is 51.5 Å². The van der Waals surface area contributed by atoms with Crippen LogP contribution in [0.5, 0.6) is 0 Å². The van der Waals surface area contributed by atoms with Crippen LogP contribution in [0.15, 0.2) is 0 Å². The summed E-state index contributed by atoms with van der Waals surface area (Å²) in [6, 6.07) is -0.404. The molecular weight excluding hydrogens is 260 g/mol. The maximum Gasteiger partial charge on any atom is 0.329 e. The lowest BCUT2D eigenvalue weighted by Gasteiger charge is -2.36. The zero-order chi connectivity index (χ0) is 15.0. The second-order valence-corrected chi connectivity index (χ2v) is 5.50. The highest BCUT2D eigenvalue weighted by Gasteiger charge is 2.42. The fourth-order valence-electron chi connectivity index (χ4n) is 2.43. The lowest BCUT2D eigenvalue weighted by molar-refractivity contribution is -0.146. The van der Waals surface area contributed by atoms with E-state index in [0.717, 1.165) is 19.3 Å². The number of carbonyl (C=O) groups is 2. The summed E-state index contributed by atoms with van der Waals surface area (Å²) in [4.78, 5) is 23.3. The number of carboxylic acid groups (broad SMARTS) is 1. The molecule has 1 aliphatic carbocycles. The Kier molecular flexibility index (Phi) is 6.78. The Morgan fingerprint density at radius 3 is 2.55 bits per heavy atom. The number of aliphatic carboxylic acids is 1. The van der Waals surface area contributed by atoms with Crippen molar-refractivity contribution in [1.82, 2.24) is 10.6 Å². The van der Waals surface area contributed by atoms with Crippen molar-refractivity contribution < 1.29 is 19.4 Å². The second-order valence-electron chi connectivity index (χ2n) is 5.50. The number of carboxylic acids is 1. The van der Waals surface area contributed by atoms with E-state index in [-0.39, 0.29) is 0 Å². The molecule has 0 unspecified atom stereocenters. The summed E-state index contributed by atoms with van der Waals surface area (Å²) in [6.45, 7) is 5.77. The predicted molar refractivity (Wildman–Crippen MR) is 75.6 cm³/mol. The normalized spacial score (nSPS) is 26.0. The molecule has 2 amide bonds. The molecule has 0 aliphatic heterocycles. The fourth-order valence-corrected chi connectivity index (χ4v) is 2.43. The molecule has 0 aromatic rings. The summed E-state index contributed by atoms with van der Waals surface area (Å²) in [5.41, 5.74) is -1.10. The number of carbonyl (C=O) groups excluding carboxylic acids is 1. The summed E-state index contributed by atoms with van der Waals surface area (Å²) in [6.07, 6.45) is 3.37. The molecule has 0 aromatic carbocycles. The van der Waals surface area contributed by atoms with Gasteiger partial charge in [0.2, 0.25) is 0 Å². The van der Waals surface area contributed by atoms with Crippen LogP contribution < -0.4 is 10.6 Å². The van der Waals surface area contributed by atoms with Crippen molar-refractivity contribution in [2.75, 3.05) is 19.8 Å². The third kappa shape index (κ3) is 5.00. The van der Waals surface area contributed by atoms with E-state index in [4.69, 9.17) is 4.74 Å². The Morgan fingerprint density at radius 1 is 1.35 bits per heavy atom. The van der Waals surface area contributed by atoms with Crippen LogP contribution in [0.1, 0.15) is 46.0 Å². The Morgan fingerprint density at radius 2 is 2.00 bits per heavy atom. The third-order valence-corrected chi connectivity index (χ3v) is 3.85. The monoisotopic (exact) mass is 286 g/mol. The summed E-state index contributed by atoms with van der Waals surface area (Å²) < 4.78 is 5.17. The van der Waals surface area contributed by atoms with Crippen molar-refractivity contribution in [3.63, 3.8) is 0 Å². The van der Waals surface area contributed by atoms with Gasteiger partial charge in [-0.2, -0.15) is 0 Å². The molecule has 0 heterocycles. The number of urea groups is 1. The number of amides is 2. The third-order valence-electron chi connectivity index (χ3n) is 3.85. The minimum atomic E-state index is -1.10. The fraction of sp³-hybridized carbons (Fsp3) is 0.857. The standard InChI is InChI=1S/C14H26N2O4/c1-3-20-10-4-9-15-13(19)16-14(12(17)18)7-5-11(2)6-8-14/h11H,3-10H2,1-2H3,(H,17,18)(H2,15,16,19). The Balaban J connectivity index is 2.38. The molecule has 0 spiro atoms. The lowest BCUT2D eigenvalue weighted by Crippen LogP contribution is -2.58. The van der Waals surface area contributed by atoms with E-state index in [9.17, 15) is 14.7 Å². The van der Waals surface area contributed by atoms with Crippen LogP contribution in [0.4, 0.5) is 4.79 Å². The van der Waals surface area contributed by atoms with Gasteiger partial charge in [0.15, 0.2) is 0 Å². The molecule has 1 saturated carbocycles. The SMILES string of the molecule is CCOCCCNC(=O)NC1(C(=O)O)CCC(C)CC1. The second kappa shape index (κ2) is 8.09. The zero-order valence-corrected chi connectivity index (χ0v) is 12.4. The van der Waals surface area contributed by atoms with E-state index in [1.807, 2.05) is 6.92 Å². The van der Waals surface area contributed by atoms with Crippen LogP contribution in [0.25, 0.3) is 0 Å². The summed E-state index contributed by atoms with van der Waals surface area (Å²) in [5.74, 6) is -0.410. The number of ether oxygens (including phenoxy) is 1. The van der Waals surface area contributed by atoms with Gasteiger partial charge in [-0.15, -0.1) is 0 Å². The van der Waals surface area contributed by atoms with Gasteiger partial charge in [0, 0.05) is 19.8 Å². The molecule has 0 aromatic heterocycles. The van der Waals surface area contributed by atoms with Gasteiger partial charge in [-0.1, -0.05) is 6.92 Å². The Bertz CT molecular complexity index is 325. The average molecular weight is 286 g/mol. The maximum absolute atomic E-state index is 11.8. The van der Waals surface area contributed by atoms with Crippen LogP contribution >= 0.6 is 0 Å². The first-order valence-electron chi connectivity index (χ1n) is 7.37. The highest BCUT2D eigenvalue weighted by Crippen LogP contribution is 2.32. The van der Waals surface area contributed by atoms with Gasteiger partial charge in [0.1, 0.15) is 5.54 Å². The number of nitrogens with one attached hydrogen (secondary N) is 2. The van der Waals surface area contributed by atoms with Crippen LogP contribution in [0, 0.1) is 5.92 Å².